The Kier molecular flexibility index (Phi) is 4.05. The number of rotatable bonds is 4. The summed E-state index contributed by atoms with van der Waals surface area (Å²) < 4.78 is 0. The van der Waals surface area contributed by atoms with Gasteiger partial charge in [-0.05, 0) is 31.3 Å². The Hall–Kier alpha value is -0.600. The zero-order chi connectivity index (χ0) is 8.81. The molecule has 0 aliphatic heterocycles. The highest BCUT2D eigenvalue weighted by atomic mass is 32.1. The van der Waals surface area contributed by atoms with Crippen LogP contribution in [0.25, 0.3) is 0 Å². The second-order valence-corrected chi connectivity index (χ2v) is 3.92. The minimum atomic E-state index is 0.752. The van der Waals surface area contributed by atoms with Gasteiger partial charge in [-0.2, -0.15) is 0 Å². The van der Waals surface area contributed by atoms with Gasteiger partial charge >= 0.3 is 0 Å². The second kappa shape index (κ2) is 5.12. The average molecular weight is 181 g/mol. The van der Waals surface area contributed by atoms with Gasteiger partial charge in [-0.3, -0.25) is 0 Å². The van der Waals surface area contributed by atoms with Crippen molar-refractivity contribution in [1.29, 1.82) is 0 Å². The Morgan fingerprint density at radius 2 is 2.50 bits per heavy atom. The summed E-state index contributed by atoms with van der Waals surface area (Å²) in [4.78, 5) is 1.43. The van der Waals surface area contributed by atoms with Crippen LogP contribution in [0.1, 0.15) is 18.2 Å². The van der Waals surface area contributed by atoms with E-state index in [1.165, 1.54) is 10.5 Å². The zero-order valence-corrected chi connectivity index (χ0v) is 8.23. The van der Waals surface area contributed by atoms with Crippen LogP contribution >= 0.6 is 11.3 Å². The summed E-state index contributed by atoms with van der Waals surface area (Å²) in [5, 5.41) is 2.12. The van der Waals surface area contributed by atoms with Crippen molar-refractivity contribution >= 4 is 11.3 Å². The highest BCUT2D eigenvalue weighted by Gasteiger charge is 1.93. The number of hydrogen-bond donors (Lipinski definition) is 1. The van der Waals surface area contributed by atoms with E-state index in [-0.39, 0.29) is 0 Å². The Bertz CT molecular complexity index is 236. The molecule has 0 unspecified atom stereocenters. The third-order valence-electron chi connectivity index (χ3n) is 1.69. The molecule has 1 aromatic rings. The first-order chi connectivity index (χ1) is 5.83. The standard InChI is InChI=1S/C10H15NS/c1-9(4-2-6-11)8-10-5-3-7-12-10/h3-5,7H,2,6,8,11H2,1H3. The Morgan fingerprint density at radius 3 is 3.08 bits per heavy atom. The lowest BCUT2D eigenvalue weighted by atomic mass is 10.1. The van der Waals surface area contributed by atoms with Crippen molar-refractivity contribution in [3.63, 3.8) is 0 Å². The van der Waals surface area contributed by atoms with Gasteiger partial charge in [0.25, 0.3) is 0 Å². The van der Waals surface area contributed by atoms with Crippen LogP contribution in [0, 0.1) is 0 Å². The van der Waals surface area contributed by atoms with Crippen LogP contribution in [0.15, 0.2) is 29.2 Å². The SMILES string of the molecule is CC(=CCCN)Cc1cccs1. The number of nitrogens with two attached hydrogens (primary N) is 1. The molecule has 1 nitrogen and oxygen atoms in total. The maximum Gasteiger partial charge on any atom is 0.00855 e. The molecule has 1 aromatic heterocycles. The molecule has 0 aromatic carbocycles. The summed E-state index contributed by atoms with van der Waals surface area (Å²) in [5.74, 6) is 0. The molecule has 0 fully saturated rings. The van der Waals surface area contributed by atoms with E-state index in [0.29, 0.717) is 0 Å². The molecular weight excluding hydrogens is 166 g/mol. The summed E-state index contributed by atoms with van der Waals surface area (Å²) in [5.41, 5.74) is 6.83. The van der Waals surface area contributed by atoms with Crippen molar-refractivity contribution in [2.45, 2.75) is 19.8 Å². The lowest BCUT2D eigenvalue weighted by Crippen LogP contribution is -1.96. The fraction of sp³-hybridized carbons (Fsp3) is 0.400. The van der Waals surface area contributed by atoms with Gasteiger partial charge in [0.15, 0.2) is 0 Å². The molecule has 1 rings (SSSR count). The molecule has 0 bridgehead atoms. The normalized spacial score (nSPS) is 12.0. The Labute approximate surface area is 77.9 Å². The maximum atomic E-state index is 5.41. The molecule has 0 spiro atoms. The minimum absolute atomic E-state index is 0.752. The molecule has 2 N–H and O–H groups in total. The molecule has 0 saturated carbocycles. The van der Waals surface area contributed by atoms with Gasteiger partial charge in [0.1, 0.15) is 0 Å². The summed E-state index contributed by atoms with van der Waals surface area (Å²) in [6, 6.07) is 4.26. The van der Waals surface area contributed by atoms with Gasteiger partial charge in [0.05, 0.1) is 0 Å². The second-order valence-electron chi connectivity index (χ2n) is 2.88. The van der Waals surface area contributed by atoms with E-state index >= 15 is 0 Å². The number of thiophene rings is 1. The zero-order valence-electron chi connectivity index (χ0n) is 7.42. The lowest BCUT2D eigenvalue weighted by molar-refractivity contribution is 0.984. The van der Waals surface area contributed by atoms with E-state index < -0.39 is 0 Å². The predicted molar refractivity (Wildman–Crippen MR) is 55.5 cm³/mol. The van der Waals surface area contributed by atoms with Crippen molar-refractivity contribution in [1.82, 2.24) is 0 Å². The van der Waals surface area contributed by atoms with E-state index in [0.717, 1.165) is 19.4 Å². The number of hydrogen-bond acceptors (Lipinski definition) is 2. The van der Waals surface area contributed by atoms with Crippen molar-refractivity contribution in [3.05, 3.63) is 34.0 Å². The lowest BCUT2D eigenvalue weighted by Gasteiger charge is -1.97. The van der Waals surface area contributed by atoms with Crippen LogP contribution in [0.5, 0.6) is 0 Å². The van der Waals surface area contributed by atoms with E-state index in [1.807, 2.05) is 11.3 Å². The summed E-state index contributed by atoms with van der Waals surface area (Å²) in [6.45, 7) is 2.91. The molecule has 0 radical (unpaired) electrons. The molecule has 0 aliphatic rings. The average Bonchev–Trinajstić information content (AvgIpc) is 2.53. The van der Waals surface area contributed by atoms with Gasteiger partial charge in [-0.25, -0.2) is 0 Å². The van der Waals surface area contributed by atoms with Crippen molar-refractivity contribution in [2.24, 2.45) is 5.73 Å². The molecule has 66 valence electrons. The van der Waals surface area contributed by atoms with Crippen LogP contribution in [0.3, 0.4) is 0 Å². The van der Waals surface area contributed by atoms with Gasteiger partial charge < -0.3 is 5.73 Å². The molecule has 2 heteroatoms. The quantitative estimate of drug-likeness (QED) is 0.710. The molecule has 0 amide bonds. The summed E-state index contributed by atoms with van der Waals surface area (Å²) in [7, 11) is 0. The van der Waals surface area contributed by atoms with E-state index in [9.17, 15) is 0 Å². The molecule has 12 heavy (non-hydrogen) atoms. The van der Waals surface area contributed by atoms with Crippen LogP contribution in [-0.4, -0.2) is 6.54 Å². The molecule has 0 saturated heterocycles. The topological polar surface area (TPSA) is 26.0 Å². The Balaban J connectivity index is 2.41. The fourth-order valence-electron chi connectivity index (χ4n) is 1.09. The summed E-state index contributed by atoms with van der Waals surface area (Å²) in [6.07, 6.45) is 4.30. The summed E-state index contributed by atoms with van der Waals surface area (Å²) >= 11 is 1.81. The van der Waals surface area contributed by atoms with Crippen molar-refractivity contribution in [2.75, 3.05) is 6.54 Å². The molecule has 1 heterocycles. The first-order valence-electron chi connectivity index (χ1n) is 4.21. The predicted octanol–water partition coefficient (Wildman–Crippen LogP) is 2.59. The van der Waals surface area contributed by atoms with Crippen LogP contribution in [-0.2, 0) is 6.42 Å². The van der Waals surface area contributed by atoms with E-state index in [4.69, 9.17) is 5.73 Å². The number of allylic oxidation sites excluding steroid dienone is 1. The third kappa shape index (κ3) is 3.20. The first kappa shape index (κ1) is 9.49. The van der Waals surface area contributed by atoms with Crippen LogP contribution < -0.4 is 5.73 Å². The molecule has 0 atom stereocenters. The molecular formula is C10H15NS. The Morgan fingerprint density at radius 1 is 1.67 bits per heavy atom. The van der Waals surface area contributed by atoms with Crippen LogP contribution in [0.2, 0.25) is 0 Å². The smallest absolute Gasteiger partial charge is 0.00855 e. The third-order valence-corrected chi connectivity index (χ3v) is 2.57. The van der Waals surface area contributed by atoms with Crippen molar-refractivity contribution < 1.29 is 0 Å². The van der Waals surface area contributed by atoms with Crippen molar-refractivity contribution in [3.8, 4) is 0 Å². The fourth-order valence-corrected chi connectivity index (χ4v) is 1.89. The maximum absolute atomic E-state index is 5.41. The highest BCUT2D eigenvalue weighted by molar-refractivity contribution is 7.09. The monoisotopic (exact) mass is 181 g/mol. The van der Waals surface area contributed by atoms with Gasteiger partial charge in [-0.1, -0.05) is 17.7 Å². The highest BCUT2D eigenvalue weighted by Crippen LogP contribution is 2.13. The molecule has 0 aliphatic carbocycles. The first-order valence-corrected chi connectivity index (χ1v) is 5.09. The van der Waals surface area contributed by atoms with E-state index in [2.05, 4.69) is 30.5 Å². The largest absolute Gasteiger partial charge is 0.330 e. The van der Waals surface area contributed by atoms with E-state index in [1.54, 1.807) is 0 Å². The van der Waals surface area contributed by atoms with Gasteiger partial charge in [0, 0.05) is 11.3 Å². The van der Waals surface area contributed by atoms with Gasteiger partial charge in [0.2, 0.25) is 0 Å². The van der Waals surface area contributed by atoms with Gasteiger partial charge in [-0.15, -0.1) is 11.3 Å². The minimum Gasteiger partial charge on any atom is -0.330 e. The van der Waals surface area contributed by atoms with Crippen LogP contribution in [0.4, 0.5) is 0 Å².